The fourth-order valence-corrected chi connectivity index (χ4v) is 1.62. The molecule has 0 radical (unpaired) electrons. The Hall–Kier alpha value is -0.420. The van der Waals surface area contributed by atoms with Crippen LogP contribution >= 0.6 is 27.3 Å². The van der Waals surface area contributed by atoms with Crippen molar-refractivity contribution in [3.05, 3.63) is 22.1 Å². The second-order valence-electron chi connectivity index (χ2n) is 2.63. The zero-order valence-electron chi connectivity index (χ0n) is 7.01. The molecule has 1 atom stereocenters. The molecule has 1 heterocycles. The molecular formula is C8H9BrFNOS. The Labute approximate surface area is 88.3 Å². The lowest BCUT2D eigenvalue weighted by Crippen LogP contribution is -2.33. The van der Waals surface area contributed by atoms with E-state index < -0.39 is 5.82 Å². The van der Waals surface area contributed by atoms with Crippen molar-refractivity contribution in [1.82, 2.24) is 5.32 Å². The third-order valence-corrected chi connectivity index (χ3v) is 3.29. The molecule has 0 spiro atoms. The van der Waals surface area contributed by atoms with Crippen molar-refractivity contribution in [2.45, 2.75) is 13.0 Å². The predicted octanol–water partition coefficient (Wildman–Crippen LogP) is 2.40. The van der Waals surface area contributed by atoms with Gasteiger partial charge in [-0.1, -0.05) is 15.9 Å². The number of hydrogen-bond acceptors (Lipinski definition) is 2. The Morgan fingerprint density at radius 2 is 2.54 bits per heavy atom. The first-order valence-electron chi connectivity index (χ1n) is 3.75. The van der Waals surface area contributed by atoms with Crippen molar-refractivity contribution < 1.29 is 9.18 Å². The standard InChI is InChI=1S/C8H9BrFNOS/c1-5(4-9)11-8(12)7-6(10)2-3-13-7/h2-3,5H,4H2,1H3,(H,11,12). The van der Waals surface area contributed by atoms with Crippen LogP contribution < -0.4 is 5.32 Å². The van der Waals surface area contributed by atoms with Crippen molar-refractivity contribution in [1.29, 1.82) is 0 Å². The molecule has 0 aliphatic rings. The Morgan fingerprint density at radius 3 is 3.00 bits per heavy atom. The summed E-state index contributed by atoms with van der Waals surface area (Å²) in [5, 5.41) is 4.87. The van der Waals surface area contributed by atoms with Gasteiger partial charge in [0.05, 0.1) is 0 Å². The number of carbonyl (C=O) groups excluding carboxylic acids is 1. The number of rotatable bonds is 3. The van der Waals surface area contributed by atoms with Crippen molar-refractivity contribution >= 4 is 33.2 Å². The van der Waals surface area contributed by atoms with Gasteiger partial charge in [0.2, 0.25) is 0 Å². The average Bonchev–Trinajstić information content (AvgIpc) is 2.51. The van der Waals surface area contributed by atoms with Gasteiger partial charge in [-0.2, -0.15) is 0 Å². The van der Waals surface area contributed by atoms with Crippen LogP contribution in [0.25, 0.3) is 0 Å². The number of hydrogen-bond donors (Lipinski definition) is 1. The number of amides is 1. The Balaban J connectivity index is 2.64. The average molecular weight is 266 g/mol. The van der Waals surface area contributed by atoms with Crippen LogP contribution in [0.15, 0.2) is 11.4 Å². The molecule has 1 unspecified atom stereocenters. The van der Waals surface area contributed by atoms with Crippen molar-refractivity contribution in [2.75, 3.05) is 5.33 Å². The maximum Gasteiger partial charge on any atom is 0.264 e. The number of alkyl halides is 1. The maximum absolute atomic E-state index is 12.9. The minimum atomic E-state index is -0.454. The fourth-order valence-electron chi connectivity index (χ4n) is 0.784. The topological polar surface area (TPSA) is 29.1 Å². The highest BCUT2D eigenvalue weighted by Gasteiger charge is 2.14. The predicted molar refractivity (Wildman–Crippen MR) is 55.0 cm³/mol. The van der Waals surface area contributed by atoms with Crippen LogP contribution in [0.1, 0.15) is 16.6 Å². The van der Waals surface area contributed by atoms with E-state index in [-0.39, 0.29) is 16.8 Å². The molecule has 1 rings (SSSR count). The summed E-state index contributed by atoms with van der Waals surface area (Å²) in [6, 6.07) is 1.30. The lowest BCUT2D eigenvalue weighted by atomic mass is 10.3. The van der Waals surface area contributed by atoms with Gasteiger partial charge in [-0.05, 0) is 18.4 Å². The van der Waals surface area contributed by atoms with E-state index >= 15 is 0 Å². The van der Waals surface area contributed by atoms with Crippen LogP contribution in [0, 0.1) is 5.82 Å². The maximum atomic E-state index is 12.9. The zero-order chi connectivity index (χ0) is 9.84. The Bertz CT molecular complexity index is 302. The smallest absolute Gasteiger partial charge is 0.264 e. The molecular weight excluding hydrogens is 257 g/mol. The third kappa shape index (κ3) is 2.77. The zero-order valence-corrected chi connectivity index (χ0v) is 9.41. The first kappa shape index (κ1) is 10.7. The molecule has 1 N–H and O–H groups in total. The summed E-state index contributed by atoms with van der Waals surface area (Å²) in [6.45, 7) is 1.85. The summed E-state index contributed by atoms with van der Waals surface area (Å²) >= 11 is 4.33. The van der Waals surface area contributed by atoms with Crippen LogP contribution in [-0.2, 0) is 0 Å². The molecule has 0 aliphatic carbocycles. The number of carbonyl (C=O) groups is 1. The molecule has 0 aromatic carbocycles. The SMILES string of the molecule is CC(CBr)NC(=O)c1sccc1F. The van der Waals surface area contributed by atoms with Gasteiger partial charge in [0, 0.05) is 11.4 Å². The number of halogens is 2. The van der Waals surface area contributed by atoms with Crippen LogP contribution in [0.3, 0.4) is 0 Å². The van der Waals surface area contributed by atoms with Crippen molar-refractivity contribution in [3.8, 4) is 0 Å². The number of thiophene rings is 1. The first-order valence-corrected chi connectivity index (χ1v) is 5.75. The van der Waals surface area contributed by atoms with Gasteiger partial charge >= 0.3 is 0 Å². The normalized spacial score (nSPS) is 12.5. The second kappa shape index (κ2) is 4.72. The van der Waals surface area contributed by atoms with Gasteiger partial charge in [-0.25, -0.2) is 4.39 Å². The Morgan fingerprint density at radius 1 is 1.85 bits per heavy atom. The highest BCUT2D eigenvalue weighted by molar-refractivity contribution is 9.09. The summed E-state index contributed by atoms with van der Waals surface area (Å²) in [7, 11) is 0. The van der Waals surface area contributed by atoms with E-state index in [0.29, 0.717) is 5.33 Å². The van der Waals surface area contributed by atoms with Crippen molar-refractivity contribution in [3.63, 3.8) is 0 Å². The lowest BCUT2D eigenvalue weighted by Gasteiger charge is -2.08. The van der Waals surface area contributed by atoms with Crippen LogP contribution in [0.2, 0.25) is 0 Å². The molecule has 0 saturated carbocycles. The fraction of sp³-hybridized carbons (Fsp3) is 0.375. The van der Waals surface area contributed by atoms with E-state index in [4.69, 9.17) is 0 Å². The molecule has 1 aromatic heterocycles. The van der Waals surface area contributed by atoms with Gasteiger partial charge in [-0.15, -0.1) is 11.3 Å². The van der Waals surface area contributed by atoms with Crippen LogP contribution in [0.4, 0.5) is 4.39 Å². The second-order valence-corrected chi connectivity index (χ2v) is 4.19. The summed E-state index contributed by atoms with van der Waals surface area (Å²) in [4.78, 5) is 11.5. The quantitative estimate of drug-likeness (QED) is 0.836. The van der Waals surface area contributed by atoms with Crippen LogP contribution in [0.5, 0.6) is 0 Å². The molecule has 0 saturated heterocycles. The van der Waals surface area contributed by atoms with E-state index in [1.54, 1.807) is 5.38 Å². The van der Waals surface area contributed by atoms with Gasteiger partial charge < -0.3 is 5.32 Å². The van der Waals surface area contributed by atoms with E-state index in [1.165, 1.54) is 6.07 Å². The highest BCUT2D eigenvalue weighted by Crippen LogP contribution is 2.14. The third-order valence-electron chi connectivity index (χ3n) is 1.43. The molecule has 2 nitrogen and oxygen atoms in total. The van der Waals surface area contributed by atoms with E-state index in [9.17, 15) is 9.18 Å². The summed E-state index contributed by atoms with van der Waals surface area (Å²) in [6.07, 6.45) is 0. The number of nitrogens with one attached hydrogen (secondary N) is 1. The molecule has 0 aliphatic heterocycles. The van der Waals surface area contributed by atoms with Gasteiger partial charge in [0.15, 0.2) is 0 Å². The largest absolute Gasteiger partial charge is 0.348 e. The lowest BCUT2D eigenvalue weighted by molar-refractivity contribution is 0.0944. The molecule has 0 fully saturated rings. The highest BCUT2D eigenvalue weighted by atomic mass is 79.9. The summed E-state index contributed by atoms with van der Waals surface area (Å²) < 4.78 is 12.9. The molecule has 72 valence electrons. The minimum Gasteiger partial charge on any atom is -0.348 e. The summed E-state index contributed by atoms with van der Waals surface area (Å²) in [5.74, 6) is -0.802. The van der Waals surface area contributed by atoms with E-state index in [0.717, 1.165) is 11.3 Å². The summed E-state index contributed by atoms with van der Waals surface area (Å²) in [5.41, 5.74) is 0. The molecule has 5 heteroatoms. The first-order chi connectivity index (χ1) is 6.15. The minimum absolute atomic E-state index is 0.00833. The van der Waals surface area contributed by atoms with Gasteiger partial charge in [-0.3, -0.25) is 4.79 Å². The molecule has 0 bridgehead atoms. The molecule has 1 amide bonds. The van der Waals surface area contributed by atoms with Gasteiger partial charge in [0.25, 0.3) is 5.91 Å². The van der Waals surface area contributed by atoms with Gasteiger partial charge in [0.1, 0.15) is 10.7 Å². The van der Waals surface area contributed by atoms with Crippen molar-refractivity contribution in [2.24, 2.45) is 0 Å². The molecule has 13 heavy (non-hydrogen) atoms. The van der Waals surface area contributed by atoms with E-state index in [1.807, 2.05) is 6.92 Å². The van der Waals surface area contributed by atoms with E-state index in [2.05, 4.69) is 21.2 Å². The monoisotopic (exact) mass is 265 g/mol. The Kier molecular flexibility index (Phi) is 3.87. The van der Waals surface area contributed by atoms with Crippen LogP contribution in [-0.4, -0.2) is 17.3 Å². The molecule has 1 aromatic rings.